The van der Waals surface area contributed by atoms with E-state index in [4.69, 9.17) is 0 Å². The first-order chi connectivity index (χ1) is 13.5. The van der Waals surface area contributed by atoms with Crippen LogP contribution in [0.4, 0.5) is 5.69 Å². The number of carbonyl (C=O) groups is 1. The molecule has 1 aliphatic heterocycles. The number of carboxylic acids is 1. The first-order valence-electron chi connectivity index (χ1n) is 7.84. The number of aromatic carboxylic acids is 1. The van der Waals surface area contributed by atoms with Gasteiger partial charge in [0.25, 0.3) is 0 Å². The minimum atomic E-state index is -1.11. The number of rotatable bonds is 3. The summed E-state index contributed by atoms with van der Waals surface area (Å²) in [6.07, 6.45) is 0. The molecule has 2 aromatic carbocycles. The Morgan fingerprint density at radius 1 is 1.18 bits per heavy atom. The summed E-state index contributed by atoms with van der Waals surface area (Å²) in [6, 6.07) is 12.9. The van der Waals surface area contributed by atoms with Crippen molar-refractivity contribution in [1.82, 2.24) is 14.9 Å². The van der Waals surface area contributed by atoms with Crippen molar-refractivity contribution in [3.63, 3.8) is 0 Å². The number of halogens is 1. The highest BCUT2D eigenvalue weighted by atomic mass is 79.9. The minimum absolute atomic E-state index is 0.0168. The Morgan fingerprint density at radius 2 is 1.93 bits per heavy atom. The monoisotopic (exact) mass is 436 g/mol. The summed E-state index contributed by atoms with van der Waals surface area (Å²) in [5, 5.41) is 40.8. The lowest BCUT2D eigenvalue weighted by Gasteiger charge is -2.03. The number of benzene rings is 2. The van der Waals surface area contributed by atoms with Gasteiger partial charge in [-0.2, -0.15) is 15.0 Å². The van der Waals surface area contributed by atoms with Crippen LogP contribution in [0.25, 0.3) is 11.4 Å². The van der Waals surface area contributed by atoms with Crippen LogP contribution in [0.15, 0.2) is 57.0 Å². The van der Waals surface area contributed by atoms with Gasteiger partial charge in [0, 0.05) is 5.56 Å². The van der Waals surface area contributed by atoms with E-state index >= 15 is 0 Å². The minimum Gasteiger partial charge on any atom is -0.507 e. The Balaban J connectivity index is 1.87. The van der Waals surface area contributed by atoms with Crippen molar-refractivity contribution in [1.29, 1.82) is 5.26 Å². The Hall–Kier alpha value is -3.84. The molecule has 136 valence electrons. The molecular formula is C18H9BrN6O3. The Kier molecular flexibility index (Phi) is 4.21. The molecule has 2 heterocycles. The van der Waals surface area contributed by atoms with Gasteiger partial charge in [0.15, 0.2) is 11.5 Å². The molecule has 0 spiro atoms. The van der Waals surface area contributed by atoms with E-state index in [1.54, 1.807) is 30.3 Å². The van der Waals surface area contributed by atoms with E-state index in [2.05, 4.69) is 36.2 Å². The van der Waals surface area contributed by atoms with Gasteiger partial charge in [-0.05, 0) is 40.2 Å². The quantitative estimate of drug-likeness (QED) is 0.647. The van der Waals surface area contributed by atoms with E-state index in [-0.39, 0.29) is 34.4 Å². The summed E-state index contributed by atoms with van der Waals surface area (Å²) in [6.45, 7) is 0. The van der Waals surface area contributed by atoms with Crippen LogP contribution in [0.3, 0.4) is 0 Å². The van der Waals surface area contributed by atoms with Crippen LogP contribution >= 0.6 is 15.9 Å². The zero-order chi connectivity index (χ0) is 19.8. The number of aliphatic imine (C=N–C) groups is 1. The molecule has 4 rings (SSSR count). The largest absolute Gasteiger partial charge is 0.507 e. The van der Waals surface area contributed by atoms with Crippen molar-refractivity contribution < 1.29 is 15.0 Å². The number of phenols is 1. The van der Waals surface area contributed by atoms with Crippen LogP contribution in [0.5, 0.6) is 5.75 Å². The summed E-state index contributed by atoms with van der Waals surface area (Å²) >= 11 is 3.21. The Bertz CT molecular complexity index is 1240. The maximum atomic E-state index is 11.5. The van der Waals surface area contributed by atoms with Crippen molar-refractivity contribution in [2.45, 2.75) is 0 Å². The van der Waals surface area contributed by atoms with E-state index in [1.165, 1.54) is 16.8 Å². The maximum absolute atomic E-state index is 11.5. The van der Waals surface area contributed by atoms with Crippen molar-refractivity contribution in [2.75, 3.05) is 0 Å². The van der Waals surface area contributed by atoms with Gasteiger partial charge in [-0.15, -0.1) is 10.2 Å². The zero-order valence-electron chi connectivity index (χ0n) is 13.9. The summed E-state index contributed by atoms with van der Waals surface area (Å²) in [4.78, 5) is 15.9. The van der Waals surface area contributed by atoms with E-state index in [9.17, 15) is 20.3 Å². The second-order valence-corrected chi connectivity index (χ2v) is 6.52. The van der Waals surface area contributed by atoms with E-state index in [0.29, 0.717) is 15.7 Å². The fourth-order valence-electron chi connectivity index (χ4n) is 2.68. The number of nitriles is 1. The normalized spacial score (nSPS) is 13.9. The van der Waals surface area contributed by atoms with Crippen molar-refractivity contribution in [3.05, 3.63) is 58.3 Å². The number of phenolic OH excluding ortho intramolecular Hbond substituents is 1. The van der Waals surface area contributed by atoms with Crippen LogP contribution < -0.4 is 0 Å². The summed E-state index contributed by atoms with van der Waals surface area (Å²) in [7, 11) is 0. The number of fused-ring (bicyclic) bond motifs is 1. The van der Waals surface area contributed by atoms with Gasteiger partial charge in [0.1, 0.15) is 17.5 Å². The molecule has 3 aromatic rings. The molecule has 0 radical (unpaired) electrons. The van der Waals surface area contributed by atoms with Gasteiger partial charge >= 0.3 is 5.97 Å². The highest BCUT2D eigenvalue weighted by Gasteiger charge is 2.30. The molecular weight excluding hydrogens is 428 g/mol. The Morgan fingerprint density at radius 3 is 2.64 bits per heavy atom. The number of hydrogen-bond acceptors (Lipinski definition) is 7. The fourth-order valence-corrected chi connectivity index (χ4v) is 3.05. The van der Waals surface area contributed by atoms with Crippen molar-refractivity contribution in [2.24, 2.45) is 10.1 Å². The SMILES string of the molecule is N#CC1=Nn2c(nnc2-c2ccccc2C(=O)O)C1=Nc1ccc(O)c(Br)c1. The molecule has 0 saturated heterocycles. The van der Waals surface area contributed by atoms with Crippen LogP contribution in [0.1, 0.15) is 16.2 Å². The lowest BCUT2D eigenvalue weighted by Crippen LogP contribution is -2.10. The van der Waals surface area contributed by atoms with Gasteiger partial charge in [-0.25, -0.2) is 9.79 Å². The molecule has 2 N–H and O–H groups in total. The predicted molar refractivity (Wildman–Crippen MR) is 103 cm³/mol. The average Bonchev–Trinajstić information content (AvgIpc) is 3.24. The molecule has 0 amide bonds. The third-order valence-electron chi connectivity index (χ3n) is 3.95. The summed E-state index contributed by atoms with van der Waals surface area (Å²) < 4.78 is 1.74. The van der Waals surface area contributed by atoms with Crippen LogP contribution in [-0.4, -0.2) is 42.5 Å². The predicted octanol–water partition coefficient (Wildman–Crippen LogP) is 2.97. The van der Waals surface area contributed by atoms with Gasteiger partial charge < -0.3 is 10.2 Å². The molecule has 0 aliphatic carbocycles. The van der Waals surface area contributed by atoms with E-state index in [1.807, 2.05) is 6.07 Å². The number of carboxylic acid groups (broad SMARTS) is 1. The summed E-state index contributed by atoms with van der Waals surface area (Å²) in [5.74, 6) is -0.646. The molecule has 0 atom stereocenters. The maximum Gasteiger partial charge on any atom is 0.336 e. The zero-order valence-corrected chi connectivity index (χ0v) is 15.5. The molecule has 9 nitrogen and oxygen atoms in total. The van der Waals surface area contributed by atoms with Gasteiger partial charge in [0.2, 0.25) is 5.82 Å². The first-order valence-corrected chi connectivity index (χ1v) is 8.64. The molecule has 0 saturated carbocycles. The lowest BCUT2D eigenvalue weighted by molar-refractivity contribution is 0.0697. The summed E-state index contributed by atoms with van der Waals surface area (Å²) in [5.41, 5.74) is 1.05. The highest BCUT2D eigenvalue weighted by Crippen LogP contribution is 2.30. The van der Waals surface area contributed by atoms with Crippen molar-refractivity contribution in [3.8, 4) is 23.2 Å². The van der Waals surface area contributed by atoms with Gasteiger partial charge in [-0.3, -0.25) is 0 Å². The average molecular weight is 437 g/mol. The van der Waals surface area contributed by atoms with E-state index < -0.39 is 5.97 Å². The molecule has 10 heteroatoms. The van der Waals surface area contributed by atoms with Crippen LogP contribution in [-0.2, 0) is 0 Å². The standard InChI is InChI=1S/C18H9BrN6O3/c19-12-7-9(5-6-14(12)26)21-15-13(8-20)24-25-16(22-23-17(15)25)10-3-1-2-4-11(10)18(27)28/h1-7,26H,(H,27,28). The van der Waals surface area contributed by atoms with Crippen molar-refractivity contribution >= 4 is 39.0 Å². The lowest BCUT2D eigenvalue weighted by atomic mass is 10.1. The molecule has 1 aromatic heterocycles. The van der Waals surface area contributed by atoms with Crippen LogP contribution in [0.2, 0.25) is 0 Å². The number of nitrogens with zero attached hydrogens (tertiary/aromatic N) is 6. The third-order valence-corrected chi connectivity index (χ3v) is 4.59. The smallest absolute Gasteiger partial charge is 0.336 e. The van der Waals surface area contributed by atoms with E-state index in [0.717, 1.165) is 0 Å². The highest BCUT2D eigenvalue weighted by molar-refractivity contribution is 9.10. The van der Waals surface area contributed by atoms with Crippen LogP contribution in [0, 0.1) is 11.3 Å². The topological polar surface area (TPSA) is 137 Å². The number of hydrogen-bond donors (Lipinski definition) is 2. The molecule has 0 bridgehead atoms. The second kappa shape index (κ2) is 6.71. The first kappa shape index (κ1) is 17.6. The molecule has 0 fully saturated rings. The Labute approximate surface area is 166 Å². The molecule has 1 aliphatic rings. The fraction of sp³-hybridized carbons (Fsp3) is 0. The van der Waals surface area contributed by atoms with Gasteiger partial charge in [-0.1, -0.05) is 18.2 Å². The van der Waals surface area contributed by atoms with Gasteiger partial charge in [0.05, 0.1) is 15.7 Å². The number of aromatic hydroxyl groups is 1. The number of aromatic nitrogens is 3. The second-order valence-electron chi connectivity index (χ2n) is 5.67. The third kappa shape index (κ3) is 2.83. The molecule has 0 unspecified atom stereocenters. The molecule has 28 heavy (non-hydrogen) atoms.